The first kappa shape index (κ1) is 19.2. The molecule has 0 unspecified atom stereocenters. The van der Waals surface area contributed by atoms with Gasteiger partial charge < -0.3 is 9.88 Å². The maximum Gasteiger partial charge on any atom is 0.230 e. The van der Waals surface area contributed by atoms with Crippen LogP contribution < -0.4 is 5.32 Å². The minimum absolute atomic E-state index is 0.0722. The summed E-state index contributed by atoms with van der Waals surface area (Å²) in [6, 6.07) is 16.8. The number of aryl methyl sites for hydroxylation is 2. The lowest BCUT2D eigenvalue weighted by atomic mass is 10.1. The van der Waals surface area contributed by atoms with Crippen LogP contribution in [0.5, 0.6) is 0 Å². The summed E-state index contributed by atoms with van der Waals surface area (Å²) in [4.78, 5) is 16.4. The molecule has 27 heavy (non-hydrogen) atoms. The van der Waals surface area contributed by atoms with Crippen molar-refractivity contribution in [2.45, 2.75) is 32.7 Å². The molecule has 0 saturated carbocycles. The predicted molar refractivity (Wildman–Crippen MR) is 112 cm³/mol. The molecule has 1 aromatic heterocycles. The highest BCUT2D eigenvalue weighted by molar-refractivity contribution is 7.99. The summed E-state index contributed by atoms with van der Waals surface area (Å²) >= 11 is 1.64. The number of nitrogens with one attached hydrogen (secondary N) is 1. The van der Waals surface area contributed by atoms with E-state index < -0.39 is 0 Å². The second-order valence-corrected chi connectivity index (χ2v) is 7.66. The van der Waals surface area contributed by atoms with Gasteiger partial charge in [-0.3, -0.25) is 4.79 Å². The molecule has 4 nitrogen and oxygen atoms in total. The summed E-state index contributed by atoms with van der Waals surface area (Å²) in [7, 11) is 0. The highest BCUT2D eigenvalue weighted by Crippen LogP contribution is 2.13. The summed E-state index contributed by atoms with van der Waals surface area (Å²) in [6.45, 7) is 5.43. The molecule has 1 heterocycles. The maximum absolute atomic E-state index is 12.1. The average molecular weight is 380 g/mol. The lowest BCUT2D eigenvalue weighted by Gasteiger charge is -2.09. The van der Waals surface area contributed by atoms with Crippen molar-refractivity contribution in [2.24, 2.45) is 0 Å². The van der Waals surface area contributed by atoms with Gasteiger partial charge in [0.1, 0.15) is 5.82 Å². The van der Waals surface area contributed by atoms with Crippen molar-refractivity contribution in [2.75, 3.05) is 5.75 Å². The third-order valence-corrected chi connectivity index (χ3v) is 5.38. The van der Waals surface area contributed by atoms with E-state index in [2.05, 4.69) is 58.2 Å². The van der Waals surface area contributed by atoms with E-state index in [9.17, 15) is 4.79 Å². The van der Waals surface area contributed by atoms with Gasteiger partial charge in [0.15, 0.2) is 0 Å². The summed E-state index contributed by atoms with van der Waals surface area (Å²) in [6.07, 6.45) is 3.79. The number of carbonyl (C=O) groups excluding carboxylic acids is 1. The van der Waals surface area contributed by atoms with Crippen molar-refractivity contribution in [3.8, 4) is 0 Å². The van der Waals surface area contributed by atoms with E-state index in [4.69, 9.17) is 0 Å². The van der Waals surface area contributed by atoms with Crippen LogP contribution in [0.25, 0.3) is 0 Å². The normalized spacial score (nSPS) is 10.7. The molecule has 0 radical (unpaired) electrons. The molecule has 0 aliphatic rings. The number of amides is 1. The molecular weight excluding hydrogens is 354 g/mol. The van der Waals surface area contributed by atoms with E-state index in [1.807, 2.05) is 31.5 Å². The quantitative estimate of drug-likeness (QED) is 0.641. The molecule has 0 spiro atoms. The van der Waals surface area contributed by atoms with Gasteiger partial charge in [0.05, 0.1) is 5.75 Å². The Morgan fingerprint density at radius 1 is 1.07 bits per heavy atom. The Labute approximate surface area is 165 Å². The molecule has 0 fully saturated rings. The molecule has 3 rings (SSSR count). The molecule has 0 bridgehead atoms. The fourth-order valence-electron chi connectivity index (χ4n) is 2.80. The summed E-state index contributed by atoms with van der Waals surface area (Å²) in [5.41, 5.74) is 4.83. The Morgan fingerprint density at radius 3 is 2.59 bits per heavy atom. The van der Waals surface area contributed by atoms with Crippen LogP contribution in [0.3, 0.4) is 0 Å². The van der Waals surface area contributed by atoms with Crippen LogP contribution >= 0.6 is 11.8 Å². The Balaban J connectivity index is 1.44. The SMILES string of the molecule is Cc1ccc(CSCC(=O)NCc2cccc(Cn3ccnc3C)c2)cc1. The smallest absolute Gasteiger partial charge is 0.230 e. The Morgan fingerprint density at radius 2 is 1.85 bits per heavy atom. The van der Waals surface area contributed by atoms with E-state index in [1.54, 1.807) is 11.8 Å². The zero-order chi connectivity index (χ0) is 19.1. The van der Waals surface area contributed by atoms with Crippen molar-refractivity contribution in [3.63, 3.8) is 0 Å². The van der Waals surface area contributed by atoms with Gasteiger partial charge in [-0.1, -0.05) is 54.1 Å². The minimum Gasteiger partial charge on any atom is -0.351 e. The largest absolute Gasteiger partial charge is 0.351 e. The van der Waals surface area contributed by atoms with Crippen molar-refractivity contribution >= 4 is 17.7 Å². The van der Waals surface area contributed by atoms with Crippen molar-refractivity contribution in [1.29, 1.82) is 0 Å². The van der Waals surface area contributed by atoms with Crippen LogP contribution in [0, 0.1) is 13.8 Å². The summed E-state index contributed by atoms with van der Waals surface area (Å²) in [5, 5.41) is 3.01. The van der Waals surface area contributed by atoms with Crippen LogP contribution in [-0.2, 0) is 23.6 Å². The second kappa shape index (κ2) is 9.42. The standard InChI is InChI=1S/C22H25N3OS/c1-17-6-8-19(9-7-17)15-27-16-22(26)24-13-20-4-3-5-21(12-20)14-25-11-10-23-18(25)2/h3-12H,13-16H2,1-2H3,(H,24,26). The summed E-state index contributed by atoms with van der Waals surface area (Å²) < 4.78 is 2.11. The van der Waals surface area contributed by atoms with Crippen LogP contribution in [0.15, 0.2) is 60.9 Å². The third-order valence-electron chi connectivity index (χ3n) is 4.38. The van der Waals surface area contributed by atoms with Crippen molar-refractivity contribution in [1.82, 2.24) is 14.9 Å². The van der Waals surface area contributed by atoms with Gasteiger partial charge in [-0.15, -0.1) is 11.8 Å². The molecule has 0 atom stereocenters. The molecule has 1 N–H and O–H groups in total. The zero-order valence-corrected chi connectivity index (χ0v) is 16.6. The first-order chi connectivity index (χ1) is 13.1. The Hall–Kier alpha value is -2.53. The Bertz CT molecular complexity index is 887. The van der Waals surface area contributed by atoms with Gasteiger partial charge >= 0.3 is 0 Å². The van der Waals surface area contributed by atoms with Crippen LogP contribution in [0.4, 0.5) is 0 Å². The molecule has 5 heteroatoms. The van der Waals surface area contributed by atoms with Crippen LogP contribution in [0.1, 0.15) is 28.1 Å². The second-order valence-electron chi connectivity index (χ2n) is 6.68. The van der Waals surface area contributed by atoms with Gasteiger partial charge in [-0.05, 0) is 30.5 Å². The molecule has 140 valence electrons. The number of thioether (sulfide) groups is 1. The van der Waals surface area contributed by atoms with Crippen LogP contribution in [0.2, 0.25) is 0 Å². The highest BCUT2D eigenvalue weighted by Gasteiger charge is 2.04. The molecule has 1 amide bonds. The minimum atomic E-state index is 0.0722. The van der Waals surface area contributed by atoms with Gasteiger partial charge in [0.2, 0.25) is 5.91 Å². The van der Waals surface area contributed by atoms with E-state index >= 15 is 0 Å². The Kier molecular flexibility index (Phi) is 6.71. The molecule has 0 aliphatic carbocycles. The number of nitrogens with zero attached hydrogens (tertiary/aromatic N) is 2. The molecule has 0 saturated heterocycles. The molecular formula is C22H25N3OS. The molecule has 0 aliphatic heterocycles. The highest BCUT2D eigenvalue weighted by atomic mass is 32.2. The maximum atomic E-state index is 12.1. The third kappa shape index (κ3) is 6.00. The lowest BCUT2D eigenvalue weighted by Crippen LogP contribution is -2.24. The van der Waals surface area contributed by atoms with E-state index in [0.29, 0.717) is 12.3 Å². The van der Waals surface area contributed by atoms with Gasteiger partial charge in [-0.25, -0.2) is 4.98 Å². The van der Waals surface area contributed by atoms with E-state index in [-0.39, 0.29) is 5.91 Å². The van der Waals surface area contributed by atoms with Crippen molar-refractivity contribution < 1.29 is 4.79 Å². The first-order valence-corrected chi connectivity index (χ1v) is 10.2. The van der Waals surface area contributed by atoms with Gasteiger partial charge in [0, 0.05) is 31.2 Å². The lowest BCUT2D eigenvalue weighted by molar-refractivity contribution is -0.118. The topological polar surface area (TPSA) is 46.9 Å². The van der Waals surface area contributed by atoms with Gasteiger partial charge in [0.25, 0.3) is 0 Å². The van der Waals surface area contributed by atoms with E-state index in [0.717, 1.165) is 23.7 Å². The zero-order valence-electron chi connectivity index (χ0n) is 15.8. The fraction of sp³-hybridized carbons (Fsp3) is 0.273. The van der Waals surface area contributed by atoms with Crippen LogP contribution in [-0.4, -0.2) is 21.2 Å². The fourth-order valence-corrected chi connectivity index (χ4v) is 3.62. The average Bonchev–Trinajstić information content (AvgIpc) is 3.07. The summed E-state index contributed by atoms with van der Waals surface area (Å²) in [5.74, 6) is 2.40. The number of imidazole rings is 1. The predicted octanol–water partition coefficient (Wildman–Crippen LogP) is 4.10. The molecule has 3 aromatic rings. The van der Waals surface area contributed by atoms with Gasteiger partial charge in [-0.2, -0.15) is 0 Å². The van der Waals surface area contributed by atoms with Crippen molar-refractivity contribution in [3.05, 3.63) is 89.0 Å². The monoisotopic (exact) mass is 379 g/mol. The molecule has 2 aromatic carbocycles. The first-order valence-electron chi connectivity index (χ1n) is 9.06. The van der Waals surface area contributed by atoms with E-state index in [1.165, 1.54) is 16.7 Å². The number of rotatable bonds is 8. The number of aromatic nitrogens is 2. The number of hydrogen-bond donors (Lipinski definition) is 1. The number of benzene rings is 2. The number of hydrogen-bond acceptors (Lipinski definition) is 3. The number of carbonyl (C=O) groups is 1.